The number of hydrogen-bond acceptors (Lipinski definition) is 3. The van der Waals surface area contributed by atoms with Crippen molar-refractivity contribution in [1.29, 1.82) is 0 Å². The first kappa shape index (κ1) is 13.6. The number of nitrogens with one attached hydrogen (secondary N) is 1. The highest BCUT2D eigenvalue weighted by atomic mass is 35.5. The van der Waals surface area contributed by atoms with E-state index in [4.69, 9.17) is 20.8 Å². The summed E-state index contributed by atoms with van der Waals surface area (Å²) in [4.78, 5) is 11.8. The molecule has 1 amide bonds. The van der Waals surface area contributed by atoms with Gasteiger partial charge in [-0.1, -0.05) is 29.8 Å². The number of furan rings is 1. The van der Waals surface area contributed by atoms with Crippen molar-refractivity contribution in [2.45, 2.75) is 6.10 Å². The van der Waals surface area contributed by atoms with Crippen LogP contribution in [0.2, 0.25) is 5.02 Å². The maximum Gasteiger partial charge on any atom is 0.254 e. The van der Waals surface area contributed by atoms with Crippen molar-refractivity contribution in [3.05, 3.63) is 59.0 Å². The van der Waals surface area contributed by atoms with E-state index in [1.165, 1.54) is 12.5 Å². The third kappa shape index (κ3) is 3.36. The normalized spacial score (nSPS) is 12.1. The molecule has 0 spiro atoms. The van der Waals surface area contributed by atoms with Crippen LogP contribution in [0.4, 0.5) is 0 Å². The highest BCUT2D eigenvalue weighted by Crippen LogP contribution is 2.24. The number of benzene rings is 1. The van der Waals surface area contributed by atoms with Crippen molar-refractivity contribution in [2.24, 2.45) is 0 Å². The molecule has 0 radical (unpaired) electrons. The number of halogens is 1. The second kappa shape index (κ2) is 6.41. The van der Waals surface area contributed by atoms with E-state index in [1.54, 1.807) is 19.2 Å². The zero-order valence-corrected chi connectivity index (χ0v) is 11.2. The molecular weight excluding hydrogens is 266 g/mol. The predicted molar refractivity (Wildman–Crippen MR) is 72.2 cm³/mol. The predicted octanol–water partition coefficient (Wildman–Crippen LogP) is 3.05. The second-order valence-corrected chi connectivity index (χ2v) is 4.38. The first-order valence-corrected chi connectivity index (χ1v) is 6.17. The maximum atomic E-state index is 11.8. The molecule has 19 heavy (non-hydrogen) atoms. The van der Waals surface area contributed by atoms with E-state index in [2.05, 4.69) is 5.32 Å². The van der Waals surface area contributed by atoms with Crippen LogP contribution in [0.1, 0.15) is 22.0 Å². The van der Waals surface area contributed by atoms with Crippen LogP contribution in [-0.2, 0) is 4.74 Å². The average Bonchev–Trinajstić information content (AvgIpc) is 2.95. The van der Waals surface area contributed by atoms with Crippen molar-refractivity contribution >= 4 is 17.5 Å². The molecule has 0 fully saturated rings. The molecule has 2 rings (SSSR count). The summed E-state index contributed by atoms with van der Waals surface area (Å²) in [6.45, 7) is 0.338. The molecule has 0 saturated carbocycles. The maximum absolute atomic E-state index is 11.8. The minimum atomic E-state index is -0.287. The number of methoxy groups -OCH3 is 1. The molecule has 1 aromatic heterocycles. The quantitative estimate of drug-likeness (QED) is 0.915. The zero-order chi connectivity index (χ0) is 13.7. The molecule has 0 bridgehead atoms. The van der Waals surface area contributed by atoms with Crippen LogP contribution in [0.15, 0.2) is 47.3 Å². The minimum absolute atomic E-state index is 0.206. The van der Waals surface area contributed by atoms with E-state index in [-0.39, 0.29) is 12.0 Å². The lowest BCUT2D eigenvalue weighted by molar-refractivity contribution is 0.0827. The molecule has 1 N–H and O–H groups in total. The Balaban J connectivity index is 2.01. The molecule has 0 unspecified atom stereocenters. The van der Waals surface area contributed by atoms with Gasteiger partial charge in [-0.25, -0.2) is 0 Å². The summed E-state index contributed by atoms with van der Waals surface area (Å²) in [6, 6.07) is 9.00. The Morgan fingerprint density at radius 1 is 1.42 bits per heavy atom. The van der Waals surface area contributed by atoms with Crippen molar-refractivity contribution in [1.82, 2.24) is 5.32 Å². The summed E-state index contributed by atoms with van der Waals surface area (Å²) in [6.07, 6.45) is 2.56. The van der Waals surface area contributed by atoms with Crippen LogP contribution >= 0.6 is 11.6 Å². The highest BCUT2D eigenvalue weighted by molar-refractivity contribution is 6.31. The van der Waals surface area contributed by atoms with Gasteiger partial charge >= 0.3 is 0 Å². The van der Waals surface area contributed by atoms with Gasteiger partial charge in [0.25, 0.3) is 5.91 Å². The third-order valence-electron chi connectivity index (χ3n) is 2.77. The van der Waals surface area contributed by atoms with Crippen LogP contribution in [0.25, 0.3) is 0 Å². The first-order chi connectivity index (χ1) is 9.22. The van der Waals surface area contributed by atoms with Gasteiger partial charge in [-0.2, -0.15) is 0 Å². The van der Waals surface area contributed by atoms with Gasteiger partial charge in [0, 0.05) is 24.2 Å². The van der Waals surface area contributed by atoms with Gasteiger partial charge < -0.3 is 14.5 Å². The number of amides is 1. The second-order valence-electron chi connectivity index (χ2n) is 3.97. The molecular formula is C14H14ClNO3. The van der Waals surface area contributed by atoms with Gasteiger partial charge in [0.1, 0.15) is 12.4 Å². The van der Waals surface area contributed by atoms with E-state index in [0.29, 0.717) is 17.1 Å². The van der Waals surface area contributed by atoms with Crippen molar-refractivity contribution in [3.8, 4) is 0 Å². The summed E-state index contributed by atoms with van der Waals surface area (Å²) in [5, 5.41) is 3.40. The fourth-order valence-electron chi connectivity index (χ4n) is 1.74. The molecule has 0 aliphatic carbocycles. The Morgan fingerprint density at radius 3 is 2.84 bits per heavy atom. The molecule has 1 aromatic carbocycles. The number of hydrogen-bond donors (Lipinski definition) is 1. The number of rotatable bonds is 5. The van der Waals surface area contributed by atoms with Crippen LogP contribution < -0.4 is 5.32 Å². The number of carbonyl (C=O) groups is 1. The summed E-state index contributed by atoms with van der Waals surface area (Å²) in [5.41, 5.74) is 1.33. The summed E-state index contributed by atoms with van der Waals surface area (Å²) >= 11 is 6.10. The summed E-state index contributed by atoms with van der Waals surface area (Å²) in [7, 11) is 1.58. The van der Waals surface area contributed by atoms with E-state index < -0.39 is 0 Å². The van der Waals surface area contributed by atoms with Gasteiger partial charge in [-0.15, -0.1) is 0 Å². The van der Waals surface area contributed by atoms with Crippen LogP contribution in [0.3, 0.4) is 0 Å². The topological polar surface area (TPSA) is 51.5 Å². The number of carbonyl (C=O) groups excluding carboxylic acids is 1. The van der Waals surface area contributed by atoms with Crippen molar-refractivity contribution in [3.63, 3.8) is 0 Å². The Kier molecular flexibility index (Phi) is 4.60. The number of ether oxygens (including phenoxy) is 1. The summed E-state index contributed by atoms with van der Waals surface area (Å²) < 4.78 is 10.2. The van der Waals surface area contributed by atoms with Gasteiger partial charge in [0.15, 0.2) is 0 Å². The SMILES string of the molecule is CO[C@@H](CNC(=O)c1ccoc1)c1ccccc1Cl. The van der Waals surface area contributed by atoms with E-state index in [9.17, 15) is 4.79 Å². The molecule has 2 aromatic rings. The largest absolute Gasteiger partial charge is 0.472 e. The molecule has 1 atom stereocenters. The first-order valence-electron chi connectivity index (χ1n) is 5.80. The van der Waals surface area contributed by atoms with Crippen molar-refractivity contribution < 1.29 is 13.9 Å². The average molecular weight is 280 g/mol. The molecule has 0 aliphatic heterocycles. The third-order valence-corrected chi connectivity index (χ3v) is 3.11. The van der Waals surface area contributed by atoms with Crippen LogP contribution in [-0.4, -0.2) is 19.6 Å². The minimum Gasteiger partial charge on any atom is -0.472 e. The standard InChI is InChI=1S/C14H14ClNO3/c1-18-13(11-4-2-3-5-12(11)15)8-16-14(17)10-6-7-19-9-10/h2-7,9,13H,8H2,1H3,(H,16,17)/t13-/m0/s1. The molecule has 4 nitrogen and oxygen atoms in total. The van der Waals surface area contributed by atoms with Crippen LogP contribution in [0.5, 0.6) is 0 Å². The fourth-order valence-corrected chi connectivity index (χ4v) is 2.00. The molecule has 0 aliphatic rings. The van der Waals surface area contributed by atoms with E-state index >= 15 is 0 Å². The lowest BCUT2D eigenvalue weighted by atomic mass is 10.1. The lowest BCUT2D eigenvalue weighted by Crippen LogP contribution is -2.28. The van der Waals surface area contributed by atoms with Gasteiger partial charge in [-0.3, -0.25) is 4.79 Å². The molecule has 5 heteroatoms. The monoisotopic (exact) mass is 279 g/mol. The smallest absolute Gasteiger partial charge is 0.254 e. The lowest BCUT2D eigenvalue weighted by Gasteiger charge is -2.17. The van der Waals surface area contributed by atoms with Gasteiger partial charge in [-0.05, 0) is 12.1 Å². The van der Waals surface area contributed by atoms with E-state index in [0.717, 1.165) is 5.56 Å². The summed E-state index contributed by atoms with van der Waals surface area (Å²) in [5.74, 6) is -0.206. The molecule has 100 valence electrons. The van der Waals surface area contributed by atoms with Gasteiger partial charge in [0.05, 0.1) is 11.8 Å². The fraction of sp³-hybridized carbons (Fsp3) is 0.214. The Hall–Kier alpha value is -1.78. The van der Waals surface area contributed by atoms with Crippen LogP contribution in [0, 0.1) is 0 Å². The van der Waals surface area contributed by atoms with E-state index in [1.807, 2.05) is 18.2 Å². The Labute approximate surface area is 116 Å². The Morgan fingerprint density at radius 2 is 2.21 bits per heavy atom. The Bertz CT molecular complexity index is 539. The van der Waals surface area contributed by atoms with Crippen molar-refractivity contribution in [2.75, 3.05) is 13.7 Å². The zero-order valence-electron chi connectivity index (χ0n) is 10.4. The highest BCUT2D eigenvalue weighted by Gasteiger charge is 2.15. The van der Waals surface area contributed by atoms with Gasteiger partial charge in [0.2, 0.25) is 0 Å². The molecule has 1 heterocycles. The molecule has 0 saturated heterocycles.